The summed E-state index contributed by atoms with van der Waals surface area (Å²) in [6.07, 6.45) is 0. The van der Waals surface area contributed by atoms with E-state index in [0.717, 1.165) is 16.9 Å². The van der Waals surface area contributed by atoms with Crippen LogP contribution >= 0.6 is 0 Å². The Morgan fingerprint density at radius 3 is 2.52 bits per heavy atom. The third-order valence-electron chi connectivity index (χ3n) is 3.28. The maximum atomic E-state index is 11.7. The number of benzene rings is 1. The van der Waals surface area contributed by atoms with E-state index in [-0.39, 0.29) is 12.6 Å². The number of methoxy groups -OCH3 is 1. The predicted molar refractivity (Wildman–Crippen MR) is 80.9 cm³/mol. The molecule has 116 valence electrons. The van der Waals surface area contributed by atoms with Crippen molar-refractivity contribution in [2.45, 2.75) is 27.3 Å². The lowest BCUT2D eigenvalue weighted by molar-refractivity contribution is -0.125. The second-order valence-corrected chi connectivity index (χ2v) is 5.59. The Morgan fingerprint density at radius 2 is 1.95 bits per heavy atom. The van der Waals surface area contributed by atoms with Crippen molar-refractivity contribution in [2.75, 3.05) is 13.7 Å². The van der Waals surface area contributed by atoms with Gasteiger partial charge >= 0.3 is 6.03 Å². The number of primary amides is 1. The highest BCUT2D eigenvalue weighted by molar-refractivity contribution is 5.81. The lowest BCUT2D eigenvalue weighted by Crippen LogP contribution is -2.45. The van der Waals surface area contributed by atoms with Gasteiger partial charge in [-0.1, -0.05) is 12.1 Å². The molecule has 0 heterocycles. The number of hydrogen-bond donors (Lipinski definition) is 3. The van der Waals surface area contributed by atoms with Crippen molar-refractivity contribution >= 4 is 11.9 Å². The molecule has 0 fully saturated rings. The van der Waals surface area contributed by atoms with Gasteiger partial charge in [-0.3, -0.25) is 4.79 Å². The number of hydrogen-bond acceptors (Lipinski definition) is 3. The van der Waals surface area contributed by atoms with Crippen LogP contribution in [0.15, 0.2) is 18.2 Å². The number of aryl methyl sites for hydroxylation is 1. The van der Waals surface area contributed by atoms with E-state index in [0.29, 0.717) is 6.54 Å². The predicted octanol–water partition coefficient (Wildman–Crippen LogP) is 1.31. The van der Waals surface area contributed by atoms with Gasteiger partial charge in [0, 0.05) is 13.1 Å². The molecule has 3 amide bonds. The minimum atomic E-state index is -0.773. The van der Waals surface area contributed by atoms with Gasteiger partial charge in [0.2, 0.25) is 5.91 Å². The van der Waals surface area contributed by atoms with E-state index in [1.807, 2.05) is 25.1 Å². The molecule has 0 saturated carbocycles. The van der Waals surface area contributed by atoms with Crippen molar-refractivity contribution < 1.29 is 14.3 Å². The molecule has 6 heteroatoms. The Hall–Kier alpha value is -2.24. The largest absolute Gasteiger partial charge is 0.496 e. The first-order chi connectivity index (χ1) is 9.76. The lowest BCUT2D eigenvalue weighted by atomic mass is 9.93. The van der Waals surface area contributed by atoms with Gasteiger partial charge in [-0.15, -0.1) is 0 Å². The monoisotopic (exact) mass is 293 g/mol. The number of amides is 3. The summed E-state index contributed by atoms with van der Waals surface area (Å²) in [6, 6.07) is 5.39. The lowest BCUT2D eigenvalue weighted by Gasteiger charge is -2.20. The molecule has 1 aromatic carbocycles. The zero-order chi connectivity index (χ0) is 16.0. The minimum Gasteiger partial charge on any atom is -0.496 e. The van der Waals surface area contributed by atoms with Crippen LogP contribution in [0.1, 0.15) is 25.0 Å². The van der Waals surface area contributed by atoms with Crippen LogP contribution in [0.25, 0.3) is 0 Å². The maximum Gasteiger partial charge on any atom is 0.315 e. The van der Waals surface area contributed by atoms with Gasteiger partial charge in [0.25, 0.3) is 0 Å². The number of urea groups is 1. The van der Waals surface area contributed by atoms with Gasteiger partial charge < -0.3 is 21.1 Å². The number of ether oxygens (including phenoxy) is 1. The fraction of sp³-hybridized carbons (Fsp3) is 0.467. The molecule has 0 aliphatic carbocycles. The standard InChI is InChI=1S/C15H23N3O3/c1-10-5-6-11(7-12(10)21-4)8-17-14(20)18-9-15(2,3)13(16)19/h5-7H,8-9H2,1-4H3,(H2,16,19)(H2,17,18,20). The zero-order valence-electron chi connectivity index (χ0n) is 12.9. The third-order valence-corrected chi connectivity index (χ3v) is 3.28. The van der Waals surface area contributed by atoms with Crippen molar-refractivity contribution in [1.29, 1.82) is 0 Å². The SMILES string of the molecule is COc1cc(CNC(=O)NCC(C)(C)C(N)=O)ccc1C. The van der Waals surface area contributed by atoms with Crippen molar-refractivity contribution in [3.63, 3.8) is 0 Å². The number of nitrogens with one attached hydrogen (secondary N) is 2. The van der Waals surface area contributed by atoms with E-state index in [2.05, 4.69) is 10.6 Å². The summed E-state index contributed by atoms with van der Waals surface area (Å²) < 4.78 is 5.23. The summed E-state index contributed by atoms with van der Waals surface area (Å²) >= 11 is 0. The van der Waals surface area contributed by atoms with E-state index < -0.39 is 11.3 Å². The average Bonchev–Trinajstić information content (AvgIpc) is 2.44. The summed E-state index contributed by atoms with van der Waals surface area (Å²) in [5.74, 6) is 0.329. The Balaban J connectivity index is 2.48. The van der Waals surface area contributed by atoms with Gasteiger partial charge in [-0.05, 0) is 38.0 Å². The molecule has 0 bridgehead atoms. The summed E-state index contributed by atoms with van der Waals surface area (Å²) in [7, 11) is 1.61. The number of rotatable bonds is 6. The molecular formula is C15H23N3O3. The number of nitrogens with two attached hydrogens (primary N) is 1. The molecule has 1 rings (SSSR count). The molecule has 0 aliphatic heterocycles. The van der Waals surface area contributed by atoms with Gasteiger partial charge in [-0.25, -0.2) is 4.79 Å². The van der Waals surface area contributed by atoms with Crippen LogP contribution in [0.2, 0.25) is 0 Å². The van der Waals surface area contributed by atoms with Crippen molar-refractivity contribution in [3.05, 3.63) is 29.3 Å². The van der Waals surface area contributed by atoms with Crippen LogP contribution in [-0.2, 0) is 11.3 Å². The second-order valence-electron chi connectivity index (χ2n) is 5.59. The highest BCUT2D eigenvalue weighted by Crippen LogP contribution is 2.18. The number of carbonyl (C=O) groups is 2. The van der Waals surface area contributed by atoms with Gasteiger partial charge in [0.05, 0.1) is 12.5 Å². The molecule has 21 heavy (non-hydrogen) atoms. The molecule has 0 radical (unpaired) electrons. The molecule has 0 saturated heterocycles. The Kier molecular flexibility index (Phi) is 5.58. The van der Waals surface area contributed by atoms with E-state index in [1.165, 1.54) is 0 Å². The summed E-state index contributed by atoms with van der Waals surface area (Å²) in [5.41, 5.74) is 6.44. The van der Waals surface area contributed by atoms with Crippen LogP contribution in [-0.4, -0.2) is 25.6 Å². The van der Waals surface area contributed by atoms with Crippen LogP contribution in [0, 0.1) is 12.3 Å². The summed E-state index contributed by atoms with van der Waals surface area (Å²) in [5, 5.41) is 5.36. The fourth-order valence-corrected chi connectivity index (χ4v) is 1.61. The van der Waals surface area contributed by atoms with Crippen molar-refractivity contribution in [2.24, 2.45) is 11.1 Å². The molecular weight excluding hydrogens is 270 g/mol. The minimum absolute atomic E-state index is 0.186. The van der Waals surface area contributed by atoms with Crippen molar-refractivity contribution in [3.8, 4) is 5.75 Å². The van der Waals surface area contributed by atoms with Gasteiger partial charge in [-0.2, -0.15) is 0 Å². The van der Waals surface area contributed by atoms with E-state index in [4.69, 9.17) is 10.5 Å². The van der Waals surface area contributed by atoms with Crippen LogP contribution < -0.4 is 21.1 Å². The molecule has 0 unspecified atom stereocenters. The van der Waals surface area contributed by atoms with E-state index in [1.54, 1.807) is 21.0 Å². The topological polar surface area (TPSA) is 93.4 Å². The molecule has 0 aromatic heterocycles. The molecule has 4 N–H and O–H groups in total. The van der Waals surface area contributed by atoms with Crippen LogP contribution in [0.3, 0.4) is 0 Å². The summed E-state index contributed by atoms with van der Waals surface area (Å²) in [6.45, 7) is 5.88. The highest BCUT2D eigenvalue weighted by atomic mass is 16.5. The fourth-order valence-electron chi connectivity index (χ4n) is 1.61. The molecule has 1 aromatic rings. The van der Waals surface area contributed by atoms with E-state index in [9.17, 15) is 9.59 Å². The second kappa shape index (κ2) is 6.97. The summed E-state index contributed by atoms with van der Waals surface area (Å²) in [4.78, 5) is 22.9. The first kappa shape index (κ1) is 16.8. The normalized spacial score (nSPS) is 10.9. The van der Waals surface area contributed by atoms with Crippen molar-refractivity contribution in [1.82, 2.24) is 10.6 Å². The molecule has 0 spiro atoms. The van der Waals surface area contributed by atoms with Gasteiger partial charge in [0.15, 0.2) is 0 Å². The Bertz CT molecular complexity index is 527. The number of carbonyl (C=O) groups excluding carboxylic acids is 2. The first-order valence-corrected chi connectivity index (χ1v) is 6.71. The first-order valence-electron chi connectivity index (χ1n) is 6.71. The Morgan fingerprint density at radius 1 is 1.29 bits per heavy atom. The van der Waals surface area contributed by atoms with Crippen LogP contribution in [0.4, 0.5) is 4.79 Å². The van der Waals surface area contributed by atoms with Gasteiger partial charge in [0.1, 0.15) is 5.75 Å². The molecule has 6 nitrogen and oxygen atoms in total. The highest BCUT2D eigenvalue weighted by Gasteiger charge is 2.25. The quantitative estimate of drug-likeness (QED) is 0.738. The average molecular weight is 293 g/mol. The van der Waals surface area contributed by atoms with E-state index >= 15 is 0 Å². The molecule has 0 aliphatic rings. The maximum absolute atomic E-state index is 11.7. The smallest absolute Gasteiger partial charge is 0.315 e. The zero-order valence-corrected chi connectivity index (χ0v) is 12.9. The van der Waals surface area contributed by atoms with Crippen LogP contribution in [0.5, 0.6) is 5.75 Å². The Labute approximate surface area is 125 Å². The third kappa shape index (κ3) is 4.98. The molecule has 0 atom stereocenters.